The Bertz CT molecular complexity index is 519. The lowest BCUT2D eigenvalue weighted by Crippen LogP contribution is -2.56. The molecule has 4 aliphatic carbocycles. The molecule has 2 N–H and O–H groups in total. The largest absolute Gasteiger partial charge is 0.446 e. The van der Waals surface area contributed by atoms with Gasteiger partial charge in [-0.3, -0.25) is 9.35 Å². The van der Waals surface area contributed by atoms with E-state index >= 15 is 0 Å². The number of alkyl halides is 2. The van der Waals surface area contributed by atoms with E-state index in [0.29, 0.717) is 24.7 Å². The highest BCUT2D eigenvalue weighted by molar-refractivity contribution is 7.87. The highest BCUT2D eigenvalue weighted by Crippen LogP contribution is 2.60. The molecule has 108 valence electrons. The molecule has 4 rings (SSSR count). The molecule has 19 heavy (non-hydrogen) atoms. The van der Waals surface area contributed by atoms with Crippen LogP contribution in [-0.4, -0.2) is 29.7 Å². The van der Waals surface area contributed by atoms with Crippen LogP contribution in [0.1, 0.15) is 32.1 Å². The summed E-state index contributed by atoms with van der Waals surface area (Å²) < 4.78 is 56.2. The molecule has 2 unspecified atom stereocenters. The van der Waals surface area contributed by atoms with Crippen LogP contribution in [0.25, 0.3) is 0 Å². The molecule has 4 saturated carbocycles. The molecule has 4 fully saturated rings. The monoisotopic (exact) mass is 295 g/mol. The lowest BCUT2D eigenvalue weighted by atomic mass is 9.80. The number of amides is 1. The highest BCUT2D eigenvalue weighted by Gasteiger charge is 2.61. The summed E-state index contributed by atoms with van der Waals surface area (Å²) in [7, 11) is -5.72. The lowest BCUT2D eigenvalue weighted by Gasteiger charge is -2.34. The third kappa shape index (κ3) is 1.79. The summed E-state index contributed by atoms with van der Waals surface area (Å²) >= 11 is 0. The van der Waals surface area contributed by atoms with Crippen molar-refractivity contribution in [3.63, 3.8) is 0 Å². The predicted octanol–water partition coefficient (Wildman–Crippen LogP) is 1.16. The van der Waals surface area contributed by atoms with Crippen LogP contribution in [0.5, 0.6) is 0 Å². The number of hydrogen-bond acceptors (Lipinski definition) is 3. The Balaban J connectivity index is 1.82. The van der Waals surface area contributed by atoms with Crippen molar-refractivity contribution in [1.82, 2.24) is 5.32 Å². The van der Waals surface area contributed by atoms with Gasteiger partial charge in [0.25, 0.3) is 0 Å². The quantitative estimate of drug-likeness (QED) is 0.765. The van der Waals surface area contributed by atoms with Gasteiger partial charge < -0.3 is 5.32 Å². The van der Waals surface area contributed by atoms with Crippen molar-refractivity contribution in [2.45, 2.75) is 42.9 Å². The van der Waals surface area contributed by atoms with Gasteiger partial charge in [0.05, 0.1) is 0 Å². The number of halogens is 2. The molecule has 0 saturated heterocycles. The van der Waals surface area contributed by atoms with Crippen molar-refractivity contribution >= 4 is 16.0 Å². The van der Waals surface area contributed by atoms with E-state index in [9.17, 15) is 22.0 Å². The van der Waals surface area contributed by atoms with Crippen molar-refractivity contribution in [2.75, 3.05) is 0 Å². The molecule has 4 aliphatic rings. The van der Waals surface area contributed by atoms with Gasteiger partial charge in [0.15, 0.2) is 0 Å². The zero-order chi connectivity index (χ0) is 14.1. The second kappa shape index (κ2) is 3.66. The smallest absolute Gasteiger partial charge is 0.344 e. The Morgan fingerprint density at radius 3 is 2.21 bits per heavy atom. The molecule has 2 atom stereocenters. The Labute approximate surface area is 109 Å². The summed E-state index contributed by atoms with van der Waals surface area (Å²) in [5.41, 5.74) is -0.682. The molecule has 1 amide bonds. The molecule has 0 spiro atoms. The van der Waals surface area contributed by atoms with Crippen LogP contribution in [0.4, 0.5) is 8.78 Å². The van der Waals surface area contributed by atoms with Gasteiger partial charge in [-0.1, -0.05) is 0 Å². The molecular formula is C11H15F2NO4S. The van der Waals surface area contributed by atoms with Crippen LogP contribution in [0.15, 0.2) is 0 Å². The number of nitrogens with one attached hydrogen (secondary N) is 1. The van der Waals surface area contributed by atoms with E-state index in [2.05, 4.69) is 5.32 Å². The molecule has 0 heterocycles. The predicted molar refractivity (Wildman–Crippen MR) is 60.9 cm³/mol. The van der Waals surface area contributed by atoms with E-state index in [1.165, 1.54) is 0 Å². The van der Waals surface area contributed by atoms with Gasteiger partial charge in [0.2, 0.25) is 0 Å². The maximum Gasteiger partial charge on any atom is 0.446 e. The standard InChI is InChI=1S/C11H15F2NO4S/c12-11(13,19(16,17)18)9(15)14-10-4-6-1-7(5-10)3-8(10)2-6/h6-8H,1-5H2,(H,14,15)(H,16,17,18). The fourth-order valence-electron chi connectivity index (χ4n) is 4.42. The molecule has 0 aromatic heterocycles. The molecule has 4 bridgehead atoms. The van der Waals surface area contributed by atoms with Crippen LogP contribution < -0.4 is 5.32 Å². The molecule has 0 aromatic rings. The third-order valence-corrected chi connectivity index (χ3v) is 5.77. The maximum atomic E-state index is 13.3. The van der Waals surface area contributed by atoms with Gasteiger partial charge in [-0.2, -0.15) is 17.2 Å². The van der Waals surface area contributed by atoms with Crippen LogP contribution in [0, 0.1) is 17.8 Å². The second-order valence-electron chi connectivity index (χ2n) is 6.15. The minimum atomic E-state index is -5.72. The SMILES string of the molecule is O=C(NC12CC3CC(CC1C3)C2)C(F)(F)S(=O)(=O)O. The van der Waals surface area contributed by atoms with Gasteiger partial charge in [-0.25, -0.2) is 0 Å². The lowest BCUT2D eigenvalue weighted by molar-refractivity contribution is -0.138. The molecule has 5 nitrogen and oxygen atoms in total. The summed E-state index contributed by atoms with van der Waals surface area (Å²) in [6, 6.07) is 0. The summed E-state index contributed by atoms with van der Waals surface area (Å²) in [6.07, 6.45) is 4.17. The zero-order valence-electron chi connectivity index (χ0n) is 10.1. The van der Waals surface area contributed by atoms with Crippen LogP contribution in [0.2, 0.25) is 0 Å². The van der Waals surface area contributed by atoms with Crippen molar-refractivity contribution in [1.29, 1.82) is 0 Å². The Kier molecular flexibility index (Phi) is 2.55. The van der Waals surface area contributed by atoms with Gasteiger partial charge in [-0.15, -0.1) is 0 Å². The topological polar surface area (TPSA) is 83.5 Å². The van der Waals surface area contributed by atoms with E-state index in [1.54, 1.807) is 0 Å². The first-order valence-electron chi connectivity index (χ1n) is 6.31. The highest BCUT2D eigenvalue weighted by atomic mass is 32.2. The molecule has 0 aromatic carbocycles. The van der Waals surface area contributed by atoms with Crippen molar-refractivity contribution in [2.24, 2.45) is 17.8 Å². The van der Waals surface area contributed by atoms with E-state index in [4.69, 9.17) is 4.55 Å². The number of carbonyl (C=O) groups excluding carboxylic acids is 1. The first-order chi connectivity index (χ1) is 8.64. The first-order valence-corrected chi connectivity index (χ1v) is 7.75. The van der Waals surface area contributed by atoms with E-state index in [0.717, 1.165) is 19.3 Å². The average molecular weight is 295 g/mol. The molecule has 0 aliphatic heterocycles. The van der Waals surface area contributed by atoms with Crippen LogP contribution in [-0.2, 0) is 14.9 Å². The minimum Gasteiger partial charge on any atom is -0.344 e. The maximum absolute atomic E-state index is 13.3. The number of carbonyl (C=O) groups is 1. The normalized spacial score (nSPS) is 40.7. The molecule has 0 radical (unpaired) electrons. The zero-order valence-corrected chi connectivity index (χ0v) is 10.9. The van der Waals surface area contributed by atoms with E-state index in [1.807, 2.05) is 0 Å². The van der Waals surface area contributed by atoms with E-state index in [-0.39, 0.29) is 5.92 Å². The Morgan fingerprint density at radius 2 is 1.74 bits per heavy atom. The number of rotatable bonds is 3. The van der Waals surface area contributed by atoms with Crippen molar-refractivity contribution in [3.8, 4) is 0 Å². The summed E-state index contributed by atoms with van der Waals surface area (Å²) in [5, 5.41) is -2.54. The summed E-state index contributed by atoms with van der Waals surface area (Å²) in [6.45, 7) is 0. The Morgan fingerprint density at radius 1 is 1.21 bits per heavy atom. The Hall–Kier alpha value is -0.760. The summed E-state index contributed by atoms with van der Waals surface area (Å²) in [4.78, 5) is 11.5. The van der Waals surface area contributed by atoms with Gasteiger partial charge >= 0.3 is 21.3 Å². The van der Waals surface area contributed by atoms with Gasteiger partial charge in [0, 0.05) is 5.54 Å². The minimum absolute atomic E-state index is 0.164. The van der Waals surface area contributed by atoms with Gasteiger partial charge in [0.1, 0.15) is 0 Å². The fourth-order valence-corrected chi connectivity index (χ4v) is 4.70. The van der Waals surface area contributed by atoms with Crippen molar-refractivity contribution in [3.05, 3.63) is 0 Å². The average Bonchev–Trinajstić information content (AvgIpc) is 2.61. The summed E-state index contributed by atoms with van der Waals surface area (Å²) in [5.74, 6) is -0.852. The van der Waals surface area contributed by atoms with E-state index < -0.39 is 26.8 Å². The second-order valence-corrected chi connectivity index (χ2v) is 7.61. The van der Waals surface area contributed by atoms with Crippen molar-refractivity contribution < 1.29 is 26.5 Å². The fraction of sp³-hybridized carbons (Fsp3) is 0.909. The number of hydrogen-bond donors (Lipinski definition) is 2. The van der Waals surface area contributed by atoms with Gasteiger partial charge in [-0.05, 0) is 49.9 Å². The molecular weight excluding hydrogens is 280 g/mol. The van der Waals surface area contributed by atoms with Crippen LogP contribution in [0.3, 0.4) is 0 Å². The van der Waals surface area contributed by atoms with Crippen LogP contribution >= 0.6 is 0 Å². The third-order valence-electron chi connectivity index (χ3n) is 4.94. The first kappa shape index (κ1) is 13.2. The molecule has 8 heteroatoms.